The predicted octanol–water partition coefficient (Wildman–Crippen LogP) is 6.83. The fourth-order valence-electron chi connectivity index (χ4n) is 3.38. The third kappa shape index (κ3) is 12.8. The lowest BCUT2D eigenvalue weighted by Crippen LogP contribution is -2.35. The van der Waals surface area contributed by atoms with Crippen molar-refractivity contribution in [3.63, 3.8) is 0 Å². The molecule has 4 heteroatoms. The predicted molar refractivity (Wildman–Crippen MR) is 104 cm³/mol. The maximum atomic E-state index is 5.70. The Kier molecular flexibility index (Phi) is 10.8. The van der Waals surface area contributed by atoms with Gasteiger partial charge in [-0.15, -0.1) is 0 Å². The average molecular weight is 361 g/mol. The van der Waals surface area contributed by atoms with Gasteiger partial charge in [0.05, 0.1) is 11.2 Å². The molecule has 0 amide bonds. The lowest BCUT2D eigenvalue weighted by atomic mass is 9.81. The van der Waals surface area contributed by atoms with Gasteiger partial charge in [0.2, 0.25) is 6.29 Å². The molecule has 25 heavy (non-hydrogen) atoms. The summed E-state index contributed by atoms with van der Waals surface area (Å²) in [5, 5.41) is 0. The van der Waals surface area contributed by atoms with E-state index in [0.29, 0.717) is 5.92 Å². The van der Waals surface area contributed by atoms with Crippen LogP contribution in [0.15, 0.2) is 0 Å². The lowest BCUT2D eigenvalue weighted by Gasteiger charge is -2.33. The van der Waals surface area contributed by atoms with Gasteiger partial charge < -0.3 is 0 Å². The molecule has 0 rings (SSSR count). The molecular formula is C21H44O4. The lowest BCUT2D eigenvalue weighted by molar-refractivity contribution is -0.503. The second-order valence-electron chi connectivity index (χ2n) is 9.77. The Hall–Kier alpha value is -0.160. The van der Waals surface area contributed by atoms with Crippen molar-refractivity contribution < 1.29 is 19.6 Å². The maximum absolute atomic E-state index is 5.70. The van der Waals surface area contributed by atoms with Crippen molar-refractivity contribution in [1.29, 1.82) is 0 Å². The van der Waals surface area contributed by atoms with Crippen LogP contribution in [-0.2, 0) is 19.6 Å². The quantitative estimate of drug-likeness (QED) is 0.193. The molecule has 0 saturated carbocycles. The first-order valence-corrected chi connectivity index (χ1v) is 10.0. The van der Waals surface area contributed by atoms with Crippen LogP contribution in [0.25, 0.3) is 0 Å². The molecule has 0 bridgehead atoms. The smallest absolute Gasteiger partial charge is 0.224 e. The van der Waals surface area contributed by atoms with Crippen molar-refractivity contribution in [2.45, 2.75) is 125 Å². The second kappa shape index (κ2) is 10.9. The highest BCUT2D eigenvalue weighted by atomic mass is 17.3. The van der Waals surface area contributed by atoms with Crippen molar-refractivity contribution in [3.8, 4) is 0 Å². The van der Waals surface area contributed by atoms with Gasteiger partial charge in [-0.05, 0) is 58.3 Å². The van der Waals surface area contributed by atoms with Gasteiger partial charge in [-0.3, -0.25) is 0 Å². The summed E-state index contributed by atoms with van der Waals surface area (Å²) in [6.45, 7) is 21.4. The Balaban J connectivity index is 4.86. The Morgan fingerprint density at radius 2 is 1.08 bits per heavy atom. The van der Waals surface area contributed by atoms with Gasteiger partial charge in [-0.1, -0.05) is 54.4 Å². The Bertz CT molecular complexity index is 326. The largest absolute Gasteiger partial charge is 0.228 e. The van der Waals surface area contributed by atoms with E-state index in [1.165, 1.54) is 0 Å². The normalized spacial score (nSPS) is 13.9. The van der Waals surface area contributed by atoms with Crippen molar-refractivity contribution in [2.24, 2.45) is 11.3 Å². The van der Waals surface area contributed by atoms with Gasteiger partial charge >= 0.3 is 0 Å². The Morgan fingerprint density at radius 1 is 0.680 bits per heavy atom. The zero-order valence-corrected chi connectivity index (χ0v) is 18.5. The van der Waals surface area contributed by atoms with Gasteiger partial charge in [0.15, 0.2) is 0 Å². The van der Waals surface area contributed by atoms with Crippen molar-refractivity contribution in [1.82, 2.24) is 0 Å². The Morgan fingerprint density at radius 3 is 1.40 bits per heavy atom. The van der Waals surface area contributed by atoms with Crippen LogP contribution in [0.1, 0.15) is 108 Å². The minimum atomic E-state index is -0.541. The molecule has 0 aromatic heterocycles. The highest BCUT2D eigenvalue weighted by molar-refractivity contribution is 4.72. The van der Waals surface area contributed by atoms with Gasteiger partial charge in [0.1, 0.15) is 0 Å². The summed E-state index contributed by atoms with van der Waals surface area (Å²) in [7, 11) is 0. The molecule has 0 aliphatic heterocycles. The SMILES string of the molecule is CCCC(C)(C)OOC(CC(C)(C)CC(C)C)OOC(C)(C)CCC. The van der Waals surface area contributed by atoms with E-state index in [1.54, 1.807) is 0 Å². The van der Waals surface area contributed by atoms with E-state index >= 15 is 0 Å². The van der Waals surface area contributed by atoms with Crippen molar-refractivity contribution >= 4 is 0 Å². The first kappa shape index (κ1) is 24.8. The summed E-state index contributed by atoms with van der Waals surface area (Å²) < 4.78 is 0. The van der Waals surface area contributed by atoms with Crippen LogP contribution in [0, 0.1) is 11.3 Å². The van der Waals surface area contributed by atoms with Crippen LogP contribution in [0.5, 0.6) is 0 Å². The minimum absolute atomic E-state index is 0.0787. The van der Waals surface area contributed by atoms with Gasteiger partial charge in [-0.2, -0.15) is 0 Å². The molecule has 4 nitrogen and oxygen atoms in total. The molecule has 0 saturated heterocycles. The van der Waals surface area contributed by atoms with Crippen LogP contribution in [0.3, 0.4) is 0 Å². The fourth-order valence-corrected chi connectivity index (χ4v) is 3.38. The van der Waals surface area contributed by atoms with Crippen molar-refractivity contribution in [3.05, 3.63) is 0 Å². The van der Waals surface area contributed by atoms with E-state index in [4.69, 9.17) is 19.6 Å². The first-order valence-electron chi connectivity index (χ1n) is 10.0. The van der Waals surface area contributed by atoms with E-state index in [2.05, 4.69) is 41.5 Å². The topological polar surface area (TPSA) is 36.9 Å². The number of hydrogen-bond donors (Lipinski definition) is 0. The van der Waals surface area contributed by atoms with E-state index in [9.17, 15) is 0 Å². The first-order chi connectivity index (χ1) is 11.3. The number of rotatable bonds is 14. The molecule has 0 aromatic rings. The van der Waals surface area contributed by atoms with Gasteiger partial charge in [0.25, 0.3) is 0 Å². The molecule has 0 unspecified atom stereocenters. The van der Waals surface area contributed by atoms with Crippen LogP contribution < -0.4 is 0 Å². The molecule has 0 spiro atoms. The summed E-state index contributed by atoms with van der Waals surface area (Å²) in [4.78, 5) is 22.8. The van der Waals surface area contributed by atoms with Crippen LogP contribution in [0.2, 0.25) is 0 Å². The fraction of sp³-hybridized carbons (Fsp3) is 1.00. The summed E-state index contributed by atoms with van der Waals surface area (Å²) in [6.07, 6.45) is 5.21. The molecule has 0 aliphatic rings. The van der Waals surface area contributed by atoms with Gasteiger partial charge in [-0.25, -0.2) is 19.6 Å². The zero-order valence-electron chi connectivity index (χ0n) is 18.5. The second-order valence-corrected chi connectivity index (χ2v) is 9.77. The molecule has 0 fully saturated rings. The molecule has 0 aliphatic carbocycles. The monoisotopic (exact) mass is 360 g/mol. The highest BCUT2D eigenvalue weighted by Crippen LogP contribution is 2.33. The molecular weight excluding hydrogens is 316 g/mol. The summed E-state index contributed by atoms with van der Waals surface area (Å²) in [5.74, 6) is 0.616. The molecule has 0 radical (unpaired) electrons. The average Bonchev–Trinajstić information content (AvgIpc) is 2.40. The number of hydrogen-bond acceptors (Lipinski definition) is 4. The molecule has 152 valence electrons. The minimum Gasteiger partial charge on any atom is -0.228 e. The third-order valence-corrected chi connectivity index (χ3v) is 4.15. The highest BCUT2D eigenvalue weighted by Gasteiger charge is 2.31. The van der Waals surface area contributed by atoms with Crippen LogP contribution >= 0.6 is 0 Å². The summed E-state index contributed by atoms with van der Waals surface area (Å²) in [6, 6.07) is 0. The van der Waals surface area contributed by atoms with E-state index in [-0.39, 0.29) is 16.6 Å². The zero-order chi connectivity index (χ0) is 19.7. The van der Waals surface area contributed by atoms with Crippen LogP contribution in [-0.4, -0.2) is 17.5 Å². The van der Waals surface area contributed by atoms with E-state index < -0.39 is 6.29 Å². The van der Waals surface area contributed by atoms with Crippen molar-refractivity contribution in [2.75, 3.05) is 0 Å². The standard InChI is InChI=1S/C21H44O4/c1-11-13-20(7,8)24-22-18(16-19(5,6)15-17(3)4)23-25-21(9,10)14-12-2/h17-18H,11-16H2,1-10H3. The summed E-state index contributed by atoms with van der Waals surface area (Å²) >= 11 is 0. The van der Waals surface area contributed by atoms with Crippen LogP contribution in [0.4, 0.5) is 0 Å². The summed E-state index contributed by atoms with van der Waals surface area (Å²) in [5.41, 5.74) is -0.593. The molecule has 0 atom stereocenters. The van der Waals surface area contributed by atoms with E-state index in [0.717, 1.165) is 38.5 Å². The molecule has 0 aromatic carbocycles. The maximum Gasteiger partial charge on any atom is 0.224 e. The van der Waals surface area contributed by atoms with E-state index in [1.807, 2.05) is 27.7 Å². The molecule has 0 N–H and O–H groups in total. The Labute approximate surface area is 156 Å². The van der Waals surface area contributed by atoms with Gasteiger partial charge in [0, 0.05) is 6.42 Å². The third-order valence-electron chi connectivity index (χ3n) is 4.15. The molecule has 0 heterocycles.